The molecule has 2 N–H and O–H groups in total. The van der Waals surface area contributed by atoms with E-state index in [0.29, 0.717) is 12.3 Å². The SMILES string of the molecule is C[C@@H]1C(=O)NCCN1C(=O)N[C@@H](c1cnc(C(F)(F)F)c(F)c1)c1ccc(F)c(Cl)c1F. The lowest BCUT2D eigenvalue weighted by atomic mass is 9.98. The second-order valence-corrected chi connectivity index (χ2v) is 7.28. The molecule has 3 rings (SSSR count). The maximum atomic E-state index is 14.7. The van der Waals surface area contributed by atoms with Crippen molar-refractivity contribution in [3.05, 3.63) is 63.7 Å². The highest BCUT2D eigenvalue weighted by molar-refractivity contribution is 6.31. The first kappa shape index (κ1) is 23.6. The maximum absolute atomic E-state index is 14.7. The number of urea groups is 1. The lowest BCUT2D eigenvalue weighted by molar-refractivity contribution is -0.143. The molecule has 1 aromatic heterocycles. The molecule has 6 nitrogen and oxygen atoms in total. The van der Waals surface area contributed by atoms with Crippen LogP contribution in [-0.2, 0) is 11.0 Å². The van der Waals surface area contributed by atoms with Crippen molar-refractivity contribution < 1.29 is 35.9 Å². The van der Waals surface area contributed by atoms with Crippen molar-refractivity contribution in [2.45, 2.75) is 25.2 Å². The molecule has 2 heterocycles. The van der Waals surface area contributed by atoms with Crippen molar-refractivity contribution >= 4 is 23.5 Å². The molecule has 0 unspecified atom stereocenters. The molecule has 0 aliphatic carbocycles. The Hall–Kier alpha value is -3.02. The summed E-state index contributed by atoms with van der Waals surface area (Å²) >= 11 is 5.59. The summed E-state index contributed by atoms with van der Waals surface area (Å²) in [4.78, 5) is 28.8. The van der Waals surface area contributed by atoms with Crippen LogP contribution < -0.4 is 10.6 Å². The fourth-order valence-corrected chi connectivity index (χ4v) is 3.36. The number of halogens is 7. The third-order valence-corrected chi connectivity index (χ3v) is 5.21. The Labute approximate surface area is 182 Å². The maximum Gasteiger partial charge on any atom is 0.436 e. The minimum Gasteiger partial charge on any atom is -0.353 e. The predicted octanol–water partition coefficient (Wildman–Crippen LogP) is 3.79. The number of rotatable bonds is 3. The minimum atomic E-state index is -5.08. The van der Waals surface area contributed by atoms with Crippen LogP contribution in [0.15, 0.2) is 24.4 Å². The van der Waals surface area contributed by atoms with Crippen molar-refractivity contribution in [1.29, 1.82) is 0 Å². The first-order valence-corrected chi connectivity index (χ1v) is 9.50. The van der Waals surface area contributed by atoms with Crippen LogP contribution >= 0.6 is 11.6 Å². The number of nitrogens with one attached hydrogen (secondary N) is 2. The van der Waals surface area contributed by atoms with E-state index in [9.17, 15) is 35.9 Å². The van der Waals surface area contributed by atoms with E-state index in [-0.39, 0.29) is 18.7 Å². The summed E-state index contributed by atoms with van der Waals surface area (Å²) in [5, 5.41) is 3.96. The average Bonchev–Trinajstić information content (AvgIpc) is 2.71. The molecule has 2 atom stereocenters. The van der Waals surface area contributed by atoms with Crippen LogP contribution in [0.5, 0.6) is 0 Å². The van der Waals surface area contributed by atoms with E-state index in [0.717, 1.165) is 17.0 Å². The summed E-state index contributed by atoms with van der Waals surface area (Å²) in [5.74, 6) is -4.63. The molecule has 2 aromatic rings. The quantitative estimate of drug-likeness (QED) is 0.518. The second-order valence-electron chi connectivity index (χ2n) is 6.90. The molecule has 1 aliphatic rings. The molecule has 1 saturated heterocycles. The van der Waals surface area contributed by atoms with Gasteiger partial charge in [0, 0.05) is 30.4 Å². The lowest BCUT2D eigenvalue weighted by Crippen LogP contribution is -2.58. The Bertz CT molecular complexity index is 1060. The van der Waals surface area contributed by atoms with Gasteiger partial charge in [0.2, 0.25) is 5.91 Å². The summed E-state index contributed by atoms with van der Waals surface area (Å²) in [7, 11) is 0. The number of aromatic nitrogens is 1. The Morgan fingerprint density at radius 1 is 1.28 bits per heavy atom. The van der Waals surface area contributed by atoms with Crippen LogP contribution in [0.25, 0.3) is 0 Å². The van der Waals surface area contributed by atoms with E-state index >= 15 is 0 Å². The van der Waals surface area contributed by atoms with Crippen LogP contribution in [-0.4, -0.2) is 41.0 Å². The largest absolute Gasteiger partial charge is 0.436 e. The van der Waals surface area contributed by atoms with Gasteiger partial charge in [0.15, 0.2) is 11.5 Å². The van der Waals surface area contributed by atoms with Gasteiger partial charge in [-0.25, -0.2) is 22.9 Å². The molecule has 3 amide bonds. The number of benzene rings is 1. The topological polar surface area (TPSA) is 74.3 Å². The van der Waals surface area contributed by atoms with Gasteiger partial charge in [0.1, 0.15) is 22.7 Å². The minimum absolute atomic E-state index is 0.0811. The van der Waals surface area contributed by atoms with Crippen LogP contribution in [0.2, 0.25) is 5.02 Å². The molecular formula is C19H15ClF6N4O2. The van der Waals surface area contributed by atoms with E-state index in [4.69, 9.17) is 11.6 Å². The number of piperazine rings is 1. The molecule has 0 spiro atoms. The fourth-order valence-electron chi connectivity index (χ4n) is 3.19. The molecule has 0 radical (unpaired) electrons. The fraction of sp³-hybridized carbons (Fsp3) is 0.316. The summed E-state index contributed by atoms with van der Waals surface area (Å²) in [6, 6.07) is -1.27. The number of nitrogens with zero attached hydrogens (tertiary/aromatic N) is 2. The number of carbonyl (C=O) groups is 2. The molecule has 0 bridgehead atoms. The highest BCUT2D eigenvalue weighted by Crippen LogP contribution is 2.34. The highest BCUT2D eigenvalue weighted by atomic mass is 35.5. The van der Waals surface area contributed by atoms with Crippen molar-refractivity contribution in [2.75, 3.05) is 13.1 Å². The van der Waals surface area contributed by atoms with Gasteiger partial charge in [0.05, 0.1) is 6.04 Å². The Morgan fingerprint density at radius 3 is 2.59 bits per heavy atom. The van der Waals surface area contributed by atoms with Gasteiger partial charge in [-0.3, -0.25) is 4.79 Å². The monoisotopic (exact) mass is 480 g/mol. The van der Waals surface area contributed by atoms with E-state index < -0.39 is 63.9 Å². The van der Waals surface area contributed by atoms with Gasteiger partial charge < -0.3 is 15.5 Å². The zero-order valence-corrected chi connectivity index (χ0v) is 17.0. The standard InChI is InChI=1S/C19H15ClF6N4O2/c1-8-17(31)27-4-5-30(8)18(32)29-15(10-2-3-11(21)13(20)14(10)23)9-6-12(22)16(28-7-9)19(24,25)26/h2-3,6-8,15H,4-5H2,1H3,(H,27,31)(H,29,32)/t8-,15+/m1/s1. The third kappa shape index (κ3) is 4.59. The molecule has 13 heteroatoms. The summed E-state index contributed by atoms with van der Waals surface area (Å²) in [6.45, 7) is 1.64. The predicted molar refractivity (Wildman–Crippen MR) is 100 cm³/mol. The third-order valence-electron chi connectivity index (χ3n) is 4.87. The number of carbonyl (C=O) groups excluding carboxylic acids is 2. The number of hydrogen-bond acceptors (Lipinski definition) is 3. The second kappa shape index (κ2) is 8.85. The van der Waals surface area contributed by atoms with E-state index in [1.54, 1.807) is 0 Å². The van der Waals surface area contributed by atoms with Crippen LogP contribution in [0.3, 0.4) is 0 Å². The van der Waals surface area contributed by atoms with Gasteiger partial charge in [0.25, 0.3) is 0 Å². The van der Waals surface area contributed by atoms with E-state index in [1.807, 2.05) is 0 Å². The van der Waals surface area contributed by atoms with Gasteiger partial charge >= 0.3 is 12.2 Å². The van der Waals surface area contributed by atoms with Crippen molar-refractivity contribution in [3.8, 4) is 0 Å². The number of hydrogen-bond donors (Lipinski definition) is 2. The molecule has 32 heavy (non-hydrogen) atoms. The highest BCUT2D eigenvalue weighted by Gasteiger charge is 2.37. The lowest BCUT2D eigenvalue weighted by Gasteiger charge is -2.34. The molecule has 1 fully saturated rings. The first-order chi connectivity index (χ1) is 14.9. The normalized spacial score (nSPS) is 17.7. The van der Waals surface area contributed by atoms with Crippen molar-refractivity contribution in [1.82, 2.24) is 20.5 Å². The first-order valence-electron chi connectivity index (χ1n) is 9.12. The van der Waals surface area contributed by atoms with Gasteiger partial charge in [-0.2, -0.15) is 13.2 Å². The van der Waals surface area contributed by atoms with E-state index in [1.165, 1.54) is 6.92 Å². The van der Waals surface area contributed by atoms with Crippen molar-refractivity contribution in [3.63, 3.8) is 0 Å². The summed E-state index contributed by atoms with van der Waals surface area (Å²) in [6.07, 6.45) is -4.47. The molecule has 172 valence electrons. The van der Waals surface area contributed by atoms with Crippen molar-refractivity contribution in [2.24, 2.45) is 0 Å². The molecule has 1 aromatic carbocycles. The van der Waals surface area contributed by atoms with Gasteiger partial charge in [-0.05, 0) is 19.1 Å². The Kier molecular flexibility index (Phi) is 6.54. The van der Waals surface area contributed by atoms with Gasteiger partial charge in [-0.15, -0.1) is 0 Å². The number of pyridine rings is 1. The Morgan fingerprint density at radius 2 is 1.97 bits per heavy atom. The Balaban J connectivity index is 2.05. The smallest absolute Gasteiger partial charge is 0.353 e. The number of amides is 3. The number of alkyl halides is 3. The van der Waals surface area contributed by atoms with Gasteiger partial charge in [-0.1, -0.05) is 17.7 Å². The molecule has 1 aliphatic heterocycles. The molecular weight excluding hydrogens is 466 g/mol. The van der Waals surface area contributed by atoms with Crippen LogP contribution in [0, 0.1) is 17.5 Å². The zero-order chi connectivity index (χ0) is 23.8. The van der Waals surface area contributed by atoms with E-state index in [2.05, 4.69) is 15.6 Å². The van der Waals surface area contributed by atoms with Crippen LogP contribution in [0.4, 0.5) is 31.1 Å². The summed E-state index contributed by atoms with van der Waals surface area (Å²) in [5.41, 5.74) is -2.61. The summed E-state index contributed by atoms with van der Waals surface area (Å²) < 4.78 is 81.0. The van der Waals surface area contributed by atoms with Crippen LogP contribution in [0.1, 0.15) is 29.8 Å². The zero-order valence-electron chi connectivity index (χ0n) is 16.2. The molecule has 0 saturated carbocycles. The average molecular weight is 481 g/mol.